The fourth-order valence-corrected chi connectivity index (χ4v) is 3.82. The van der Waals surface area contributed by atoms with E-state index in [1.165, 1.54) is 0 Å². The molecule has 0 aliphatic heterocycles. The minimum atomic E-state index is 0.00885. The monoisotopic (exact) mass is 343 g/mol. The minimum absolute atomic E-state index is 0.00885. The van der Waals surface area contributed by atoms with Crippen molar-refractivity contribution in [3.63, 3.8) is 0 Å². The van der Waals surface area contributed by atoms with Crippen molar-refractivity contribution in [2.24, 2.45) is 0 Å². The lowest BCUT2D eigenvalue weighted by atomic mass is 10.0. The average Bonchev–Trinajstić information content (AvgIpc) is 2.81. The van der Waals surface area contributed by atoms with Crippen LogP contribution in [-0.2, 0) is 0 Å². The molecular weight excluding hydrogens is 325 g/mol. The zero-order valence-corrected chi connectivity index (χ0v) is 14.7. The van der Waals surface area contributed by atoms with Crippen LogP contribution >= 0.6 is 34.5 Å². The molecule has 0 radical (unpaired) electrons. The highest BCUT2D eigenvalue weighted by molar-refractivity contribution is 7.10. The van der Waals surface area contributed by atoms with Gasteiger partial charge in [-0.25, -0.2) is 0 Å². The van der Waals surface area contributed by atoms with Crippen molar-refractivity contribution in [2.75, 3.05) is 13.7 Å². The Morgan fingerprint density at radius 1 is 1.33 bits per heavy atom. The Morgan fingerprint density at radius 3 is 2.62 bits per heavy atom. The van der Waals surface area contributed by atoms with Crippen LogP contribution in [0.1, 0.15) is 35.4 Å². The van der Waals surface area contributed by atoms with Crippen LogP contribution in [0.3, 0.4) is 0 Å². The second kappa shape index (κ2) is 7.50. The molecule has 1 N–H and O–H groups in total. The molecule has 0 saturated carbocycles. The molecule has 2 rings (SSSR count). The molecule has 0 saturated heterocycles. The molecule has 1 atom stereocenters. The molecule has 5 heteroatoms. The van der Waals surface area contributed by atoms with Crippen LogP contribution < -0.4 is 10.1 Å². The first-order valence-corrected chi connectivity index (χ1v) is 8.52. The third-order valence-electron chi connectivity index (χ3n) is 3.30. The van der Waals surface area contributed by atoms with Gasteiger partial charge in [0.15, 0.2) is 0 Å². The van der Waals surface area contributed by atoms with Gasteiger partial charge in [-0.05, 0) is 48.5 Å². The molecule has 1 heterocycles. The van der Waals surface area contributed by atoms with E-state index in [-0.39, 0.29) is 6.04 Å². The molecule has 0 aliphatic rings. The summed E-state index contributed by atoms with van der Waals surface area (Å²) in [5.74, 6) is 0.756. The maximum atomic E-state index is 6.45. The predicted octanol–water partition coefficient (Wildman–Crippen LogP) is 5.46. The highest BCUT2D eigenvalue weighted by atomic mass is 35.5. The Balaban J connectivity index is 2.43. The third kappa shape index (κ3) is 3.72. The first-order chi connectivity index (χ1) is 10.1. The molecule has 0 spiro atoms. The third-order valence-corrected chi connectivity index (χ3v) is 5.41. The van der Waals surface area contributed by atoms with Gasteiger partial charge < -0.3 is 10.1 Å². The number of nitrogens with one attached hydrogen (secondary N) is 1. The molecular formula is C16H19Cl2NOS. The number of rotatable bonds is 6. The average molecular weight is 344 g/mol. The van der Waals surface area contributed by atoms with E-state index in [4.69, 9.17) is 27.9 Å². The van der Waals surface area contributed by atoms with E-state index in [1.807, 2.05) is 25.1 Å². The Labute approximate surface area is 140 Å². The summed E-state index contributed by atoms with van der Waals surface area (Å²) in [6, 6.07) is 5.77. The number of methoxy groups -OCH3 is 1. The van der Waals surface area contributed by atoms with Gasteiger partial charge in [-0.2, -0.15) is 0 Å². The zero-order chi connectivity index (χ0) is 15.4. The van der Waals surface area contributed by atoms with Crippen molar-refractivity contribution in [1.29, 1.82) is 0 Å². The predicted molar refractivity (Wildman–Crippen MR) is 92.2 cm³/mol. The van der Waals surface area contributed by atoms with Crippen molar-refractivity contribution in [2.45, 2.75) is 26.3 Å². The van der Waals surface area contributed by atoms with E-state index in [0.29, 0.717) is 5.02 Å². The summed E-state index contributed by atoms with van der Waals surface area (Å²) in [5, 5.41) is 7.12. The van der Waals surface area contributed by atoms with Gasteiger partial charge in [0.1, 0.15) is 5.75 Å². The molecule has 2 nitrogen and oxygen atoms in total. The van der Waals surface area contributed by atoms with Crippen LogP contribution in [0.25, 0.3) is 0 Å². The quantitative estimate of drug-likeness (QED) is 0.751. The highest BCUT2D eigenvalue weighted by Crippen LogP contribution is 2.38. The molecule has 2 aromatic rings. The van der Waals surface area contributed by atoms with Gasteiger partial charge in [-0.1, -0.05) is 36.2 Å². The molecule has 0 aliphatic carbocycles. The van der Waals surface area contributed by atoms with E-state index in [1.54, 1.807) is 18.4 Å². The first-order valence-electron chi connectivity index (χ1n) is 6.88. The van der Waals surface area contributed by atoms with Crippen LogP contribution in [0.15, 0.2) is 23.6 Å². The Bertz CT molecular complexity index is 612. The molecule has 114 valence electrons. The largest absolute Gasteiger partial charge is 0.497 e. The number of thiophene rings is 1. The van der Waals surface area contributed by atoms with Crippen molar-refractivity contribution in [3.05, 3.63) is 49.6 Å². The number of hydrogen-bond acceptors (Lipinski definition) is 3. The van der Waals surface area contributed by atoms with Gasteiger partial charge in [-0.3, -0.25) is 0 Å². The van der Waals surface area contributed by atoms with E-state index in [9.17, 15) is 0 Å². The number of ether oxygens (including phenoxy) is 1. The second-order valence-corrected chi connectivity index (χ2v) is 6.57. The van der Waals surface area contributed by atoms with Gasteiger partial charge in [0.2, 0.25) is 0 Å². The van der Waals surface area contributed by atoms with Gasteiger partial charge in [-0.15, -0.1) is 11.3 Å². The molecule has 0 amide bonds. The molecule has 21 heavy (non-hydrogen) atoms. The topological polar surface area (TPSA) is 21.3 Å². The Kier molecular flexibility index (Phi) is 5.94. The van der Waals surface area contributed by atoms with Crippen LogP contribution in [0.2, 0.25) is 10.0 Å². The summed E-state index contributed by atoms with van der Waals surface area (Å²) in [7, 11) is 1.64. The van der Waals surface area contributed by atoms with E-state index < -0.39 is 0 Å². The lowest BCUT2D eigenvalue weighted by Gasteiger charge is -2.20. The molecule has 1 aromatic carbocycles. The lowest BCUT2D eigenvalue weighted by molar-refractivity contribution is 0.414. The lowest BCUT2D eigenvalue weighted by Crippen LogP contribution is -2.23. The van der Waals surface area contributed by atoms with Gasteiger partial charge >= 0.3 is 0 Å². The van der Waals surface area contributed by atoms with E-state index in [0.717, 1.165) is 39.7 Å². The van der Waals surface area contributed by atoms with Crippen molar-refractivity contribution in [3.8, 4) is 5.75 Å². The summed E-state index contributed by atoms with van der Waals surface area (Å²) >= 11 is 14.5. The van der Waals surface area contributed by atoms with Gasteiger partial charge in [0, 0.05) is 9.90 Å². The number of aryl methyl sites for hydroxylation is 1. The first kappa shape index (κ1) is 16.6. The number of benzene rings is 1. The smallest absolute Gasteiger partial charge is 0.120 e. The second-order valence-electron chi connectivity index (χ2n) is 4.87. The number of hydrogen-bond donors (Lipinski definition) is 1. The maximum absolute atomic E-state index is 6.45. The van der Waals surface area contributed by atoms with Crippen molar-refractivity contribution >= 4 is 34.5 Å². The Hall–Kier alpha value is -0.740. The van der Waals surface area contributed by atoms with Crippen LogP contribution in [-0.4, -0.2) is 13.7 Å². The summed E-state index contributed by atoms with van der Waals surface area (Å²) < 4.78 is 5.22. The number of halogens is 2. The summed E-state index contributed by atoms with van der Waals surface area (Å²) in [4.78, 5) is 1.11. The van der Waals surface area contributed by atoms with E-state index in [2.05, 4.69) is 17.6 Å². The van der Waals surface area contributed by atoms with Crippen LogP contribution in [0.4, 0.5) is 0 Å². The van der Waals surface area contributed by atoms with Crippen molar-refractivity contribution in [1.82, 2.24) is 5.32 Å². The molecule has 0 fully saturated rings. The van der Waals surface area contributed by atoms with Gasteiger partial charge in [0.05, 0.1) is 18.2 Å². The summed E-state index contributed by atoms with van der Waals surface area (Å²) in [5.41, 5.74) is 2.12. The Morgan fingerprint density at radius 2 is 2.10 bits per heavy atom. The molecule has 0 bridgehead atoms. The standard InChI is InChI=1S/C16H19Cl2NOS/c1-4-7-19-15(16-14(18)10(2)9-21-16)12-6-5-11(20-3)8-13(12)17/h5-6,8-9,15,19H,4,7H2,1-3H3. The SMILES string of the molecule is CCCNC(c1ccc(OC)cc1Cl)c1scc(C)c1Cl. The zero-order valence-electron chi connectivity index (χ0n) is 12.4. The van der Waals surface area contributed by atoms with Crippen LogP contribution in [0.5, 0.6) is 5.75 Å². The normalized spacial score (nSPS) is 12.4. The van der Waals surface area contributed by atoms with Crippen LogP contribution in [0, 0.1) is 6.92 Å². The van der Waals surface area contributed by atoms with E-state index >= 15 is 0 Å². The fourth-order valence-electron chi connectivity index (χ4n) is 2.15. The molecule has 1 aromatic heterocycles. The summed E-state index contributed by atoms with van der Waals surface area (Å²) in [6.07, 6.45) is 1.05. The maximum Gasteiger partial charge on any atom is 0.120 e. The summed E-state index contributed by atoms with van der Waals surface area (Å²) in [6.45, 7) is 5.07. The highest BCUT2D eigenvalue weighted by Gasteiger charge is 2.21. The minimum Gasteiger partial charge on any atom is -0.497 e. The fraction of sp³-hybridized carbons (Fsp3) is 0.375. The molecule has 1 unspecified atom stereocenters. The van der Waals surface area contributed by atoms with Gasteiger partial charge in [0.25, 0.3) is 0 Å². The van der Waals surface area contributed by atoms with Crippen molar-refractivity contribution < 1.29 is 4.74 Å².